The highest BCUT2D eigenvalue weighted by molar-refractivity contribution is 5.95. The zero-order valence-corrected chi connectivity index (χ0v) is 15.0. The number of benzene rings is 1. The molecule has 2 aliphatic heterocycles. The Balaban J connectivity index is 1.77. The number of ether oxygens (including phenoxy) is 1. The normalized spacial score (nSPS) is 21.9. The number of rotatable bonds is 4. The molecule has 0 saturated carbocycles. The molecule has 0 spiro atoms. The van der Waals surface area contributed by atoms with Crippen LogP contribution >= 0.6 is 0 Å². The van der Waals surface area contributed by atoms with Crippen LogP contribution < -0.4 is 15.1 Å². The topological polar surface area (TPSA) is 79.0 Å². The summed E-state index contributed by atoms with van der Waals surface area (Å²) in [6, 6.07) is 4.50. The Hall–Kier alpha value is -2.64. The Morgan fingerprint density at radius 2 is 2.12 bits per heavy atom. The lowest BCUT2D eigenvalue weighted by atomic mass is 10.00. The highest BCUT2D eigenvalue weighted by Crippen LogP contribution is 2.35. The quantitative estimate of drug-likeness (QED) is 0.883. The van der Waals surface area contributed by atoms with Crippen molar-refractivity contribution in [1.29, 1.82) is 0 Å². The number of nitrogens with zero attached hydrogens (tertiary/aromatic N) is 2. The first-order valence-electron chi connectivity index (χ1n) is 8.53. The van der Waals surface area contributed by atoms with Gasteiger partial charge < -0.3 is 15.0 Å². The van der Waals surface area contributed by atoms with E-state index in [4.69, 9.17) is 4.74 Å². The minimum absolute atomic E-state index is 0.0740. The number of carbonyl (C=O) groups is 3. The van der Waals surface area contributed by atoms with Gasteiger partial charge in [-0.1, -0.05) is 0 Å². The Morgan fingerprint density at radius 1 is 1.38 bits per heavy atom. The summed E-state index contributed by atoms with van der Waals surface area (Å²) in [7, 11) is 0. The van der Waals surface area contributed by atoms with Crippen LogP contribution in [0.1, 0.15) is 27.2 Å². The van der Waals surface area contributed by atoms with Crippen LogP contribution in [0.2, 0.25) is 0 Å². The van der Waals surface area contributed by atoms with E-state index < -0.39 is 23.6 Å². The van der Waals surface area contributed by atoms with Crippen LogP contribution in [-0.2, 0) is 14.3 Å². The van der Waals surface area contributed by atoms with Gasteiger partial charge in [-0.15, -0.1) is 0 Å². The van der Waals surface area contributed by atoms with Crippen LogP contribution in [0.4, 0.5) is 20.6 Å². The van der Waals surface area contributed by atoms with Crippen LogP contribution in [0.15, 0.2) is 18.2 Å². The molecule has 2 saturated heterocycles. The molecule has 2 fully saturated rings. The Morgan fingerprint density at radius 3 is 2.69 bits per heavy atom. The van der Waals surface area contributed by atoms with E-state index in [9.17, 15) is 18.8 Å². The Labute approximate surface area is 151 Å². The van der Waals surface area contributed by atoms with Crippen molar-refractivity contribution in [2.24, 2.45) is 0 Å². The van der Waals surface area contributed by atoms with Crippen LogP contribution in [0.5, 0.6) is 0 Å². The SMILES string of the molecule is CC(=O)NC[C@H]1CN(c2ccc(N3CCC(=O)C3(C)C)c(F)c2)C(=O)O1. The summed E-state index contributed by atoms with van der Waals surface area (Å²) in [5.41, 5.74) is -0.0323. The maximum absolute atomic E-state index is 14.7. The molecule has 1 atom stereocenters. The minimum Gasteiger partial charge on any atom is -0.442 e. The monoisotopic (exact) mass is 363 g/mol. The molecule has 2 amide bonds. The van der Waals surface area contributed by atoms with Gasteiger partial charge in [-0.05, 0) is 32.0 Å². The van der Waals surface area contributed by atoms with Gasteiger partial charge in [-0.2, -0.15) is 0 Å². The summed E-state index contributed by atoms with van der Waals surface area (Å²) in [6.45, 7) is 5.84. The second-order valence-corrected chi connectivity index (χ2v) is 7.07. The predicted molar refractivity (Wildman–Crippen MR) is 93.7 cm³/mol. The van der Waals surface area contributed by atoms with Gasteiger partial charge in [-0.25, -0.2) is 9.18 Å². The van der Waals surface area contributed by atoms with Crippen LogP contribution in [0, 0.1) is 5.82 Å². The van der Waals surface area contributed by atoms with Gasteiger partial charge in [0.15, 0.2) is 5.78 Å². The van der Waals surface area contributed by atoms with Crippen molar-refractivity contribution in [3.8, 4) is 0 Å². The highest BCUT2D eigenvalue weighted by Gasteiger charge is 2.41. The smallest absolute Gasteiger partial charge is 0.414 e. The van der Waals surface area contributed by atoms with Crippen LogP contribution in [-0.4, -0.2) is 49.1 Å². The van der Waals surface area contributed by atoms with E-state index in [1.165, 1.54) is 17.9 Å². The summed E-state index contributed by atoms with van der Waals surface area (Å²) < 4.78 is 19.9. The first kappa shape index (κ1) is 18.2. The lowest BCUT2D eigenvalue weighted by Crippen LogP contribution is -2.43. The van der Waals surface area contributed by atoms with Crippen molar-refractivity contribution in [3.05, 3.63) is 24.0 Å². The maximum atomic E-state index is 14.7. The van der Waals surface area contributed by atoms with Gasteiger partial charge in [0.1, 0.15) is 11.9 Å². The van der Waals surface area contributed by atoms with Crippen molar-refractivity contribution in [3.63, 3.8) is 0 Å². The Bertz CT molecular complexity index is 765. The van der Waals surface area contributed by atoms with Gasteiger partial charge >= 0.3 is 6.09 Å². The predicted octanol–water partition coefficient (Wildman–Crippen LogP) is 1.84. The number of carbonyl (C=O) groups excluding carboxylic acids is 3. The summed E-state index contributed by atoms with van der Waals surface area (Å²) in [5, 5.41) is 2.60. The second-order valence-electron chi connectivity index (χ2n) is 7.07. The molecule has 140 valence electrons. The number of hydrogen-bond donors (Lipinski definition) is 1. The number of amides is 2. The van der Waals surface area contributed by atoms with Crippen molar-refractivity contribution in [2.75, 3.05) is 29.4 Å². The molecule has 1 N–H and O–H groups in total. The summed E-state index contributed by atoms with van der Waals surface area (Å²) in [6.07, 6.45) is -0.675. The van der Waals surface area contributed by atoms with Crippen molar-refractivity contribution < 1.29 is 23.5 Å². The van der Waals surface area contributed by atoms with E-state index >= 15 is 0 Å². The van der Waals surface area contributed by atoms with Crippen molar-refractivity contribution in [2.45, 2.75) is 38.8 Å². The number of ketones is 1. The van der Waals surface area contributed by atoms with Gasteiger partial charge in [-0.3, -0.25) is 14.5 Å². The Kier molecular flexibility index (Phi) is 4.60. The fourth-order valence-corrected chi connectivity index (χ4v) is 3.35. The van der Waals surface area contributed by atoms with E-state index in [0.29, 0.717) is 24.3 Å². The molecule has 8 heteroatoms. The molecule has 26 heavy (non-hydrogen) atoms. The fraction of sp³-hybridized carbons (Fsp3) is 0.500. The van der Waals surface area contributed by atoms with E-state index in [1.54, 1.807) is 30.9 Å². The van der Waals surface area contributed by atoms with Crippen LogP contribution in [0.25, 0.3) is 0 Å². The van der Waals surface area contributed by atoms with Gasteiger partial charge in [0, 0.05) is 19.9 Å². The molecule has 0 aliphatic carbocycles. The van der Waals surface area contributed by atoms with Crippen molar-refractivity contribution in [1.82, 2.24) is 5.32 Å². The molecule has 3 rings (SSSR count). The molecule has 2 aliphatic rings. The van der Waals surface area contributed by atoms with E-state index in [2.05, 4.69) is 5.32 Å². The lowest BCUT2D eigenvalue weighted by molar-refractivity contribution is -0.121. The first-order valence-corrected chi connectivity index (χ1v) is 8.53. The largest absolute Gasteiger partial charge is 0.442 e. The zero-order chi connectivity index (χ0) is 19.1. The zero-order valence-electron chi connectivity index (χ0n) is 15.0. The average Bonchev–Trinajstić information content (AvgIpc) is 3.06. The molecule has 2 heterocycles. The molecule has 1 aromatic rings. The van der Waals surface area contributed by atoms with E-state index in [1.807, 2.05) is 0 Å². The number of cyclic esters (lactones) is 1. The standard InChI is InChI=1S/C18H22FN3O4/c1-11(23)20-9-13-10-21(17(25)26-13)12-4-5-15(14(19)8-12)22-7-6-16(24)18(22,2)3/h4-5,8,13H,6-7,9-10H2,1-3H3,(H,20,23)/t13-/m0/s1. The van der Waals surface area contributed by atoms with Gasteiger partial charge in [0.25, 0.3) is 0 Å². The molecular formula is C18H22FN3O4. The summed E-state index contributed by atoms with van der Waals surface area (Å²) >= 11 is 0. The lowest BCUT2D eigenvalue weighted by Gasteiger charge is -2.32. The van der Waals surface area contributed by atoms with Crippen LogP contribution in [0.3, 0.4) is 0 Å². The second kappa shape index (κ2) is 6.59. The third kappa shape index (κ3) is 3.23. The fourth-order valence-electron chi connectivity index (χ4n) is 3.35. The molecule has 0 unspecified atom stereocenters. The third-order valence-corrected chi connectivity index (χ3v) is 4.91. The number of nitrogens with one attached hydrogen (secondary N) is 1. The average molecular weight is 363 g/mol. The molecule has 0 radical (unpaired) electrons. The number of Topliss-reactive ketones (excluding diaryl/α,β-unsaturated/α-hetero) is 1. The molecular weight excluding hydrogens is 341 g/mol. The number of halogens is 1. The van der Waals surface area contributed by atoms with Gasteiger partial charge in [0.2, 0.25) is 5.91 Å². The molecule has 0 bridgehead atoms. The van der Waals surface area contributed by atoms with E-state index in [-0.39, 0.29) is 24.8 Å². The molecule has 7 nitrogen and oxygen atoms in total. The summed E-state index contributed by atoms with van der Waals surface area (Å²) in [5.74, 6) is -0.633. The first-order chi connectivity index (χ1) is 12.2. The number of anilines is 2. The van der Waals surface area contributed by atoms with E-state index in [0.717, 1.165) is 0 Å². The number of hydrogen-bond acceptors (Lipinski definition) is 5. The molecule has 0 aromatic heterocycles. The summed E-state index contributed by atoms with van der Waals surface area (Å²) in [4.78, 5) is 38.1. The minimum atomic E-state index is -0.752. The third-order valence-electron chi connectivity index (χ3n) is 4.91. The van der Waals surface area contributed by atoms with Gasteiger partial charge in [0.05, 0.1) is 30.0 Å². The maximum Gasteiger partial charge on any atom is 0.414 e. The molecule has 1 aromatic carbocycles. The highest BCUT2D eigenvalue weighted by atomic mass is 19.1. The van der Waals surface area contributed by atoms with Crippen molar-refractivity contribution >= 4 is 29.2 Å².